The van der Waals surface area contributed by atoms with E-state index in [0.717, 1.165) is 12.6 Å². The molecule has 2 aliphatic heterocycles. The van der Waals surface area contributed by atoms with E-state index in [1.54, 1.807) is 0 Å². The van der Waals surface area contributed by atoms with Crippen molar-refractivity contribution >= 4 is 0 Å². The average molecular weight is 225 g/mol. The molecule has 2 heterocycles. The number of hydrogen-bond acceptors (Lipinski definition) is 3. The third-order valence-corrected chi connectivity index (χ3v) is 4.24. The standard InChI is InChI=1S/C13H27N3/c1-15-8-3-2-6-13(15)7-10-16-9-4-5-12(14)11-16/h12-13H,2-11,14H2,1H3/t12-,13?/m1/s1. The van der Waals surface area contributed by atoms with Crippen molar-refractivity contribution in [2.24, 2.45) is 5.73 Å². The van der Waals surface area contributed by atoms with Gasteiger partial charge < -0.3 is 15.5 Å². The van der Waals surface area contributed by atoms with E-state index in [1.165, 1.54) is 58.2 Å². The number of piperidine rings is 2. The first-order valence-corrected chi connectivity index (χ1v) is 6.94. The van der Waals surface area contributed by atoms with Crippen molar-refractivity contribution in [3.8, 4) is 0 Å². The molecule has 1 unspecified atom stereocenters. The molecule has 3 heteroatoms. The molecule has 0 radical (unpaired) electrons. The summed E-state index contributed by atoms with van der Waals surface area (Å²) in [6.45, 7) is 4.94. The van der Waals surface area contributed by atoms with Crippen molar-refractivity contribution in [2.75, 3.05) is 33.2 Å². The Morgan fingerprint density at radius 3 is 2.75 bits per heavy atom. The largest absolute Gasteiger partial charge is 0.327 e. The quantitative estimate of drug-likeness (QED) is 0.785. The molecule has 0 spiro atoms. The Bertz CT molecular complexity index is 207. The van der Waals surface area contributed by atoms with Gasteiger partial charge in [-0.25, -0.2) is 0 Å². The first-order chi connectivity index (χ1) is 7.75. The average Bonchev–Trinajstić information content (AvgIpc) is 2.28. The highest BCUT2D eigenvalue weighted by molar-refractivity contribution is 4.79. The molecule has 2 N–H and O–H groups in total. The Morgan fingerprint density at radius 2 is 2.00 bits per heavy atom. The predicted octanol–water partition coefficient (Wildman–Crippen LogP) is 1.28. The summed E-state index contributed by atoms with van der Waals surface area (Å²) in [5, 5.41) is 0. The maximum Gasteiger partial charge on any atom is 0.0168 e. The van der Waals surface area contributed by atoms with Crippen LogP contribution >= 0.6 is 0 Å². The van der Waals surface area contributed by atoms with E-state index in [-0.39, 0.29) is 0 Å². The maximum atomic E-state index is 6.01. The van der Waals surface area contributed by atoms with Gasteiger partial charge in [0.25, 0.3) is 0 Å². The van der Waals surface area contributed by atoms with Gasteiger partial charge >= 0.3 is 0 Å². The Labute approximate surface area is 100.0 Å². The monoisotopic (exact) mass is 225 g/mol. The lowest BCUT2D eigenvalue weighted by Crippen LogP contribution is -2.45. The molecule has 0 aromatic heterocycles. The molecule has 16 heavy (non-hydrogen) atoms. The minimum absolute atomic E-state index is 0.429. The van der Waals surface area contributed by atoms with E-state index in [0.29, 0.717) is 6.04 Å². The van der Waals surface area contributed by atoms with E-state index >= 15 is 0 Å². The molecule has 0 amide bonds. The van der Waals surface area contributed by atoms with Crippen LogP contribution in [-0.2, 0) is 0 Å². The molecule has 0 saturated carbocycles. The second-order valence-electron chi connectivity index (χ2n) is 5.62. The zero-order valence-electron chi connectivity index (χ0n) is 10.7. The molecular formula is C13H27N3. The summed E-state index contributed by atoms with van der Waals surface area (Å²) in [6.07, 6.45) is 8.07. The summed E-state index contributed by atoms with van der Waals surface area (Å²) in [7, 11) is 2.28. The van der Waals surface area contributed by atoms with Gasteiger partial charge in [0.1, 0.15) is 0 Å². The van der Waals surface area contributed by atoms with E-state index in [4.69, 9.17) is 5.73 Å². The highest BCUT2D eigenvalue weighted by Crippen LogP contribution is 2.19. The molecular weight excluding hydrogens is 198 g/mol. The number of rotatable bonds is 3. The molecule has 2 rings (SSSR count). The molecule has 0 bridgehead atoms. The summed E-state index contributed by atoms with van der Waals surface area (Å²) in [4.78, 5) is 5.12. The number of nitrogens with zero attached hydrogens (tertiary/aromatic N) is 2. The fourth-order valence-electron chi connectivity index (χ4n) is 3.13. The normalized spacial score (nSPS) is 34.1. The molecule has 2 fully saturated rings. The lowest BCUT2D eigenvalue weighted by atomic mass is 9.99. The van der Waals surface area contributed by atoms with Gasteiger partial charge in [-0.1, -0.05) is 6.42 Å². The van der Waals surface area contributed by atoms with Gasteiger partial charge in [0.15, 0.2) is 0 Å². The van der Waals surface area contributed by atoms with Gasteiger partial charge in [-0.2, -0.15) is 0 Å². The topological polar surface area (TPSA) is 32.5 Å². The molecule has 0 aromatic rings. The van der Waals surface area contributed by atoms with Crippen molar-refractivity contribution < 1.29 is 0 Å². The van der Waals surface area contributed by atoms with Crippen LogP contribution in [-0.4, -0.2) is 55.1 Å². The van der Waals surface area contributed by atoms with Crippen molar-refractivity contribution in [3.63, 3.8) is 0 Å². The van der Waals surface area contributed by atoms with Gasteiger partial charge in [-0.3, -0.25) is 0 Å². The summed E-state index contributed by atoms with van der Waals surface area (Å²) in [5.41, 5.74) is 6.01. The zero-order valence-corrected chi connectivity index (χ0v) is 10.7. The third-order valence-electron chi connectivity index (χ3n) is 4.24. The number of likely N-dealkylation sites (tertiary alicyclic amines) is 2. The van der Waals surface area contributed by atoms with Crippen LogP contribution in [0.25, 0.3) is 0 Å². The highest BCUT2D eigenvalue weighted by Gasteiger charge is 2.21. The van der Waals surface area contributed by atoms with Crippen LogP contribution in [0.15, 0.2) is 0 Å². The van der Waals surface area contributed by atoms with E-state index in [9.17, 15) is 0 Å². The smallest absolute Gasteiger partial charge is 0.0168 e. The number of hydrogen-bond donors (Lipinski definition) is 1. The Kier molecular flexibility index (Phi) is 4.62. The van der Waals surface area contributed by atoms with Crippen LogP contribution in [0.4, 0.5) is 0 Å². The highest BCUT2D eigenvalue weighted by atomic mass is 15.2. The predicted molar refractivity (Wildman–Crippen MR) is 68.5 cm³/mol. The molecule has 2 saturated heterocycles. The van der Waals surface area contributed by atoms with Crippen molar-refractivity contribution in [3.05, 3.63) is 0 Å². The number of nitrogens with two attached hydrogens (primary N) is 1. The van der Waals surface area contributed by atoms with Crippen LogP contribution in [0.5, 0.6) is 0 Å². The Balaban J connectivity index is 1.69. The molecule has 94 valence electrons. The molecule has 2 atom stereocenters. The summed E-state index contributed by atoms with van der Waals surface area (Å²) in [5.74, 6) is 0. The van der Waals surface area contributed by atoms with E-state index in [1.807, 2.05) is 0 Å². The van der Waals surface area contributed by atoms with Crippen molar-refractivity contribution in [2.45, 2.75) is 50.6 Å². The second-order valence-corrected chi connectivity index (χ2v) is 5.62. The van der Waals surface area contributed by atoms with Crippen LogP contribution in [0, 0.1) is 0 Å². The fourth-order valence-corrected chi connectivity index (χ4v) is 3.13. The summed E-state index contributed by atoms with van der Waals surface area (Å²) >= 11 is 0. The second kappa shape index (κ2) is 5.99. The lowest BCUT2D eigenvalue weighted by molar-refractivity contribution is 0.141. The molecule has 2 aliphatic rings. The van der Waals surface area contributed by atoms with E-state index < -0.39 is 0 Å². The van der Waals surface area contributed by atoms with Crippen molar-refractivity contribution in [1.82, 2.24) is 9.80 Å². The SMILES string of the molecule is CN1CCCCC1CCN1CCC[C@@H](N)C1. The van der Waals surface area contributed by atoms with Crippen LogP contribution < -0.4 is 5.73 Å². The fraction of sp³-hybridized carbons (Fsp3) is 1.00. The molecule has 3 nitrogen and oxygen atoms in total. The first-order valence-electron chi connectivity index (χ1n) is 6.94. The Hall–Kier alpha value is -0.120. The Morgan fingerprint density at radius 1 is 1.12 bits per heavy atom. The first kappa shape index (κ1) is 12.3. The van der Waals surface area contributed by atoms with Gasteiger partial charge in [0.05, 0.1) is 0 Å². The minimum Gasteiger partial charge on any atom is -0.327 e. The maximum absolute atomic E-state index is 6.01. The van der Waals surface area contributed by atoms with Gasteiger partial charge in [0.2, 0.25) is 0 Å². The summed E-state index contributed by atoms with van der Waals surface area (Å²) in [6, 6.07) is 1.25. The molecule has 0 aromatic carbocycles. The van der Waals surface area contributed by atoms with Crippen LogP contribution in [0.2, 0.25) is 0 Å². The lowest BCUT2D eigenvalue weighted by Gasteiger charge is -2.36. The summed E-state index contributed by atoms with van der Waals surface area (Å²) < 4.78 is 0. The van der Waals surface area contributed by atoms with Gasteiger partial charge in [-0.05, 0) is 58.8 Å². The molecule has 0 aliphatic carbocycles. The zero-order chi connectivity index (χ0) is 11.4. The van der Waals surface area contributed by atoms with Crippen LogP contribution in [0.1, 0.15) is 38.5 Å². The van der Waals surface area contributed by atoms with E-state index in [2.05, 4.69) is 16.8 Å². The minimum atomic E-state index is 0.429. The van der Waals surface area contributed by atoms with Gasteiger partial charge in [-0.15, -0.1) is 0 Å². The van der Waals surface area contributed by atoms with Crippen molar-refractivity contribution in [1.29, 1.82) is 0 Å². The van der Waals surface area contributed by atoms with Crippen LogP contribution in [0.3, 0.4) is 0 Å². The third kappa shape index (κ3) is 3.44. The van der Waals surface area contributed by atoms with Gasteiger partial charge in [0, 0.05) is 18.6 Å².